The molecule has 6 heteroatoms. The fourth-order valence-electron chi connectivity index (χ4n) is 1.10. The lowest BCUT2D eigenvalue weighted by Crippen LogP contribution is -2.35. The molecule has 0 aromatic heterocycles. The molecule has 0 unspecified atom stereocenters. The molecule has 80 valence electrons. The Labute approximate surface area is 86.6 Å². The number of hydrogen-bond acceptors (Lipinski definition) is 3. The number of rotatable bonds is 3. The highest BCUT2D eigenvalue weighted by Crippen LogP contribution is 2.06. The third kappa shape index (κ3) is 2.96. The van der Waals surface area contributed by atoms with E-state index in [0.717, 1.165) is 0 Å². The van der Waals surface area contributed by atoms with E-state index in [0.29, 0.717) is 16.1 Å². The van der Waals surface area contributed by atoms with Crippen LogP contribution in [0.2, 0.25) is 0 Å². The van der Waals surface area contributed by atoms with Gasteiger partial charge in [0.15, 0.2) is 0 Å². The van der Waals surface area contributed by atoms with Crippen LogP contribution in [0, 0.1) is 5.41 Å². The minimum absolute atomic E-state index is 0.0595. The molecule has 0 saturated heterocycles. The molecule has 6 nitrogen and oxygen atoms in total. The topological polar surface area (TPSA) is 116 Å². The molecule has 0 fully saturated rings. The Kier molecular flexibility index (Phi) is 3.25. The number of nitrogens with one attached hydrogen (secondary N) is 1. The van der Waals surface area contributed by atoms with Gasteiger partial charge in [0.2, 0.25) is 0 Å². The number of carboxylic acid groups (broad SMARTS) is 1. The second-order valence-corrected chi connectivity index (χ2v) is 3.02. The van der Waals surface area contributed by atoms with Crippen molar-refractivity contribution in [2.24, 2.45) is 11.6 Å². The maximum atomic E-state index is 10.5. The predicted molar refractivity (Wildman–Crippen MR) is 55.2 cm³/mol. The molecule has 1 aromatic rings. The number of nitrogen functional groups attached to an aromatic ring is 1. The summed E-state index contributed by atoms with van der Waals surface area (Å²) in [6, 6.07) is 6.72. The molecular weight excluding hydrogens is 196 g/mol. The van der Waals surface area contributed by atoms with Gasteiger partial charge < -0.3 is 10.8 Å². The molecule has 0 spiro atoms. The lowest BCUT2D eigenvalue weighted by atomic mass is 10.1. The van der Waals surface area contributed by atoms with Crippen molar-refractivity contribution in [3.05, 3.63) is 35.4 Å². The molecule has 0 aliphatic heterocycles. The van der Waals surface area contributed by atoms with Crippen LogP contribution >= 0.6 is 0 Å². The van der Waals surface area contributed by atoms with Crippen molar-refractivity contribution in [1.29, 1.82) is 5.41 Å². The van der Waals surface area contributed by atoms with E-state index in [1.165, 1.54) is 0 Å². The van der Waals surface area contributed by atoms with Gasteiger partial charge in [0.25, 0.3) is 0 Å². The summed E-state index contributed by atoms with van der Waals surface area (Å²) in [5, 5.41) is 16.4. The second kappa shape index (κ2) is 4.43. The van der Waals surface area contributed by atoms with Crippen molar-refractivity contribution in [3.8, 4) is 0 Å². The number of hydrazine groups is 1. The monoisotopic (exact) mass is 208 g/mol. The SMILES string of the molecule is N=C(N)c1cccc(CN(N)C(=O)O)c1. The molecule has 0 aliphatic carbocycles. The van der Waals surface area contributed by atoms with Crippen LogP contribution in [-0.2, 0) is 6.54 Å². The van der Waals surface area contributed by atoms with Gasteiger partial charge >= 0.3 is 6.09 Å². The summed E-state index contributed by atoms with van der Waals surface area (Å²) < 4.78 is 0. The van der Waals surface area contributed by atoms with Gasteiger partial charge in [0.05, 0.1) is 6.54 Å². The van der Waals surface area contributed by atoms with Gasteiger partial charge in [-0.25, -0.2) is 15.6 Å². The molecule has 0 heterocycles. The quantitative estimate of drug-likeness (QED) is 0.188. The molecule has 0 aliphatic rings. The Bertz CT molecular complexity index is 391. The van der Waals surface area contributed by atoms with Gasteiger partial charge in [0, 0.05) is 5.56 Å². The summed E-state index contributed by atoms with van der Waals surface area (Å²) >= 11 is 0. The van der Waals surface area contributed by atoms with Crippen LogP contribution in [0.5, 0.6) is 0 Å². The van der Waals surface area contributed by atoms with E-state index in [1.807, 2.05) is 0 Å². The zero-order valence-electron chi connectivity index (χ0n) is 7.97. The van der Waals surface area contributed by atoms with Crippen LogP contribution < -0.4 is 11.6 Å². The van der Waals surface area contributed by atoms with E-state index in [2.05, 4.69) is 0 Å². The van der Waals surface area contributed by atoms with Gasteiger partial charge in [-0.2, -0.15) is 0 Å². The van der Waals surface area contributed by atoms with Crippen LogP contribution in [0.25, 0.3) is 0 Å². The molecule has 6 N–H and O–H groups in total. The van der Waals surface area contributed by atoms with Crippen molar-refractivity contribution in [3.63, 3.8) is 0 Å². The molecular formula is C9H12N4O2. The zero-order valence-corrected chi connectivity index (χ0v) is 7.97. The molecule has 1 rings (SSSR count). The number of amides is 1. The Morgan fingerprint density at radius 2 is 2.20 bits per heavy atom. The van der Waals surface area contributed by atoms with Crippen molar-refractivity contribution in [2.75, 3.05) is 0 Å². The van der Waals surface area contributed by atoms with Crippen LogP contribution in [0.15, 0.2) is 24.3 Å². The average molecular weight is 208 g/mol. The molecule has 15 heavy (non-hydrogen) atoms. The second-order valence-electron chi connectivity index (χ2n) is 3.02. The van der Waals surface area contributed by atoms with Crippen LogP contribution in [0.4, 0.5) is 4.79 Å². The lowest BCUT2D eigenvalue weighted by molar-refractivity contribution is 0.143. The minimum Gasteiger partial charge on any atom is -0.464 e. The number of carbonyl (C=O) groups is 1. The third-order valence-corrected chi connectivity index (χ3v) is 1.84. The van der Waals surface area contributed by atoms with E-state index in [1.54, 1.807) is 24.3 Å². The van der Waals surface area contributed by atoms with E-state index in [-0.39, 0.29) is 12.4 Å². The summed E-state index contributed by atoms with van der Waals surface area (Å²) in [5.74, 6) is 5.16. The Morgan fingerprint density at radius 3 is 2.73 bits per heavy atom. The first kappa shape index (κ1) is 11.0. The Hall–Kier alpha value is -2.08. The molecule has 1 amide bonds. The molecule has 0 saturated carbocycles. The minimum atomic E-state index is -1.21. The van der Waals surface area contributed by atoms with Crippen molar-refractivity contribution < 1.29 is 9.90 Å². The maximum absolute atomic E-state index is 10.5. The Morgan fingerprint density at radius 1 is 1.53 bits per heavy atom. The number of amidine groups is 1. The average Bonchev–Trinajstić information content (AvgIpc) is 2.18. The van der Waals surface area contributed by atoms with Crippen LogP contribution in [0.1, 0.15) is 11.1 Å². The summed E-state index contributed by atoms with van der Waals surface area (Å²) in [6.07, 6.45) is -1.21. The highest BCUT2D eigenvalue weighted by molar-refractivity contribution is 5.95. The highest BCUT2D eigenvalue weighted by atomic mass is 16.4. The fraction of sp³-hybridized carbons (Fsp3) is 0.111. The zero-order chi connectivity index (χ0) is 11.4. The normalized spacial score (nSPS) is 9.67. The summed E-state index contributed by atoms with van der Waals surface area (Å²) in [4.78, 5) is 10.5. The van der Waals surface area contributed by atoms with Gasteiger partial charge in [-0.15, -0.1) is 0 Å². The van der Waals surface area contributed by atoms with Gasteiger partial charge in [-0.05, 0) is 11.6 Å². The van der Waals surface area contributed by atoms with Crippen LogP contribution in [-0.4, -0.2) is 22.0 Å². The Balaban J connectivity index is 2.82. The van der Waals surface area contributed by atoms with Crippen molar-refractivity contribution >= 4 is 11.9 Å². The van der Waals surface area contributed by atoms with Crippen molar-refractivity contribution in [1.82, 2.24) is 5.01 Å². The number of hydrogen-bond donors (Lipinski definition) is 4. The predicted octanol–water partition coefficient (Wildman–Crippen LogP) is 0.324. The van der Waals surface area contributed by atoms with Gasteiger partial charge in [0.1, 0.15) is 5.84 Å². The first-order valence-electron chi connectivity index (χ1n) is 4.19. The molecule has 0 atom stereocenters. The van der Waals surface area contributed by atoms with Crippen molar-refractivity contribution in [2.45, 2.75) is 6.54 Å². The number of benzene rings is 1. The maximum Gasteiger partial charge on any atom is 0.421 e. The largest absolute Gasteiger partial charge is 0.464 e. The first-order valence-corrected chi connectivity index (χ1v) is 4.19. The number of nitrogens with zero attached hydrogens (tertiary/aromatic N) is 1. The van der Waals surface area contributed by atoms with E-state index >= 15 is 0 Å². The molecule has 0 bridgehead atoms. The highest BCUT2D eigenvalue weighted by Gasteiger charge is 2.07. The third-order valence-electron chi connectivity index (χ3n) is 1.84. The van der Waals surface area contributed by atoms with Gasteiger partial charge in [-0.3, -0.25) is 5.41 Å². The number of nitrogens with two attached hydrogens (primary N) is 2. The molecule has 0 radical (unpaired) electrons. The summed E-state index contributed by atoms with van der Waals surface area (Å²) in [5.41, 5.74) is 6.53. The van der Waals surface area contributed by atoms with Gasteiger partial charge in [-0.1, -0.05) is 18.2 Å². The van der Waals surface area contributed by atoms with E-state index in [4.69, 9.17) is 22.1 Å². The molecule has 1 aromatic carbocycles. The van der Waals surface area contributed by atoms with E-state index in [9.17, 15) is 4.79 Å². The van der Waals surface area contributed by atoms with Crippen LogP contribution in [0.3, 0.4) is 0 Å². The smallest absolute Gasteiger partial charge is 0.421 e. The fourth-order valence-corrected chi connectivity index (χ4v) is 1.10. The lowest BCUT2D eigenvalue weighted by Gasteiger charge is -2.12. The van der Waals surface area contributed by atoms with E-state index < -0.39 is 6.09 Å². The summed E-state index contributed by atoms with van der Waals surface area (Å²) in [6.45, 7) is 0.0659. The first-order chi connectivity index (χ1) is 7.00. The summed E-state index contributed by atoms with van der Waals surface area (Å²) in [7, 11) is 0. The standard InChI is InChI=1S/C9H12N4O2/c10-8(11)7-3-1-2-6(4-7)5-13(12)9(14)15/h1-4H,5,12H2,(H3,10,11)(H,14,15).